The van der Waals surface area contributed by atoms with Crippen molar-refractivity contribution < 1.29 is 19.0 Å². The third kappa shape index (κ3) is 4.91. The zero-order valence-electron chi connectivity index (χ0n) is 19.6. The first kappa shape index (κ1) is 23.7. The smallest absolute Gasteiger partial charge is 0.233 e. The quantitative estimate of drug-likeness (QED) is 0.364. The molecule has 180 valence electrons. The third-order valence-corrected chi connectivity index (χ3v) is 6.71. The Morgan fingerprint density at radius 2 is 1.88 bits per heavy atom. The first-order valence-corrected chi connectivity index (χ1v) is 12.1. The maximum Gasteiger partial charge on any atom is 0.233 e. The summed E-state index contributed by atoms with van der Waals surface area (Å²) in [4.78, 5) is 15.1. The fourth-order valence-corrected chi connectivity index (χ4v) is 4.88. The fraction of sp³-hybridized carbons (Fsp3) is 0.375. The standard InChI is InChI=1S/C24H29N5O4S/c1-4-33-17-9-7-16(8-10-17)23-26-27-24(29(23)25)34-15-22(30)28-13-5-6-20(28)19-14-18(31-2)11-12-21(19)32-3/h7-12,14,20H,4-6,13,15,25H2,1-3H3. The molecule has 1 aliphatic rings. The summed E-state index contributed by atoms with van der Waals surface area (Å²) in [6.07, 6.45) is 1.80. The van der Waals surface area contributed by atoms with Gasteiger partial charge >= 0.3 is 0 Å². The molecule has 3 aromatic rings. The third-order valence-electron chi connectivity index (χ3n) is 5.78. The summed E-state index contributed by atoms with van der Waals surface area (Å²) in [6.45, 7) is 3.23. The number of amides is 1. The summed E-state index contributed by atoms with van der Waals surface area (Å²) < 4.78 is 17.8. The number of benzene rings is 2. The molecule has 1 amide bonds. The highest BCUT2D eigenvalue weighted by Crippen LogP contribution is 2.39. The van der Waals surface area contributed by atoms with Crippen molar-refractivity contribution in [3.8, 4) is 28.6 Å². The molecule has 4 rings (SSSR count). The maximum absolute atomic E-state index is 13.2. The summed E-state index contributed by atoms with van der Waals surface area (Å²) in [5, 5.41) is 8.88. The molecule has 0 aliphatic carbocycles. The van der Waals surface area contributed by atoms with E-state index in [4.69, 9.17) is 20.1 Å². The molecule has 0 spiro atoms. The molecule has 1 aliphatic heterocycles. The lowest BCUT2D eigenvalue weighted by Crippen LogP contribution is -2.32. The molecule has 9 nitrogen and oxygen atoms in total. The van der Waals surface area contributed by atoms with Crippen LogP contribution in [0.1, 0.15) is 31.4 Å². The Labute approximate surface area is 203 Å². The van der Waals surface area contributed by atoms with Crippen molar-refractivity contribution in [3.05, 3.63) is 48.0 Å². The first-order chi connectivity index (χ1) is 16.5. The van der Waals surface area contributed by atoms with Crippen LogP contribution in [-0.2, 0) is 4.79 Å². The largest absolute Gasteiger partial charge is 0.497 e. The van der Waals surface area contributed by atoms with Crippen LogP contribution >= 0.6 is 11.8 Å². The van der Waals surface area contributed by atoms with Crippen molar-refractivity contribution in [2.75, 3.05) is 39.0 Å². The average Bonchev–Trinajstić information content (AvgIpc) is 3.50. The van der Waals surface area contributed by atoms with Gasteiger partial charge in [0.25, 0.3) is 0 Å². The molecule has 1 atom stereocenters. The normalized spacial score (nSPS) is 15.4. The Balaban J connectivity index is 1.45. The molecule has 2 N–H and O–H groups in total. The number of hydrogen-bond donors (Lipinski definition) is 1. The number of nitrogen functional groups attached to an aromatic ring is 1. The lowest BCUT2D eigenvalue weighted by atomic mass is 10.0. The van der Waals surface area contributed by atoms with Crippen LogP contribution in [-0.4, -0.2) is 58.8 Å². The van der Waals surface area contributed by atoms with E-state index >= 15 is 0 Å². The number of likely N-dealkylation sites (tertiary alicyclic amines) is 1. The molecule has 1 fully saturated rings. The number of hydrogen-bond acceptors (Lipinski definition) is 8. The Morgan fingerprint density at radius 1 is 1.12 bits per heavy atom. The average molecular weight is 484 g/mol. The molecule has 34 heavy (non-hydrogen) atoms. The van der Waals surface area contributed by atoms with E-state index in [1.54, 1.807) is 14.2 Å². The van der Waals surface area contributed by atoms with Gasteiger partial charge in [0.2, 0.25) is 11.1 Å². The molecule has 2 aromatic carbocycles. The summed E-state index contributed by atoms with van der Waals surface area (Å²) in [7, 11) is 3.27. The highest BCUT2D eigenvalue weighted by Gasteiger charge is 2.32. The van der Waals surface area contributed by atoms with Gasteiger partial charge in [0, 0.05) is 17.7 Å². The van der Waals surface area contributed by atoms with E-state index in [1.807, 2.05) is 54.3 Å². The van der Waals surface area contributed by atoms with E-state index in [0.29, 0.717) is 24.1 Å². The van der Waals surface area contributed by atoms with Gasteiger partial charge in [-0.05, 0) is 62.2 Å². The van der Waals surface area contributed by atoms with Crippen LogP contribution in [0.15, 0.2) is 47.6 Å². The fourth-order valence-electron chi connectivity index (χ4n) is 4.14. The van der Waals surface area contributed by atoms with Crippen molar-refractivity contribution in [2.45, 2.75) is 31.0 Å². The Morgan fingerprint density at radius 3 is 2.59 bits per heavy atom. The molecule has 10 heteroatoms. The van der Waals surface area contributed by atoms with Crippen LogP contribution in [0.25, 0.3) is 11.4 Å². The molecular formula is C24H29N5O4S. The van der Waals surface area contributed by atoms with E-state index in [-0.39, 0.29) is 17.7 Å². The molecule has 1 aromatic heterocycles. The van der Waals surface area contributed by atoms with Crippen LogP contribution in [0.5, 0.6) is 17.2 Å². The van der Waals surface area contributed by atoms with Gasteiger partial charge in [-0.3, -0.25) is 4.79 Å². The number of ether oxygens (including phenoxy) is 3. The molecular weight excluding hydrogens is 454 g/mol. The molecule has 0 saturated carbocycles. The number of carbonyl (C=O) groups excluding carboxylic acids is 1. The van der Waals surface area contributed by atoms with Gasteiger partial charge in [-0.15, -0.1) is 10.2 Å². The van der Waals surface area contributed by atoms with Crippen LogP contribution in [0.2, 0.25) is 0 Å². The number of nitrogens with zero attached hydrogens (tertiary/aromatic N) is 4. The number of rotatable bonds is 9. The lowest BCUT2D eigenvalue weighted by molar-refractivity contribution is -0.129. The van der Waals surface area contributed by atoms with Gasteiger partial charge in [-0.1, -0.05) is 11.8 Å². The van der Waals surface area contributed by atoms with Crippen molar-refractivity contribution >= 4 is 17.7 Å². The first-order valence-electron chi connectivity index (χ1n) is 11.1. The van der Waals surface area contributed by atoms with Crippen LogP contribution in [0.4, 0.5) is 0 Å². The van der Waals surface area contributed by atoms with E-state index in [0.717, 1.165) is 41.2 Å². The summed E-state index contributed by atoms with van der Waals surface area (Å²) in [5.74, 6) is 9.26. The van der Waals surface area contributed by atoms with Gasteiger partial charge in [0.05, 0.1) is 32.6 Å². The highest BCUT2D eigenvalue weighted by molar-refractivity contribution is 7.99. The molecule has 0 bridgehead atoms. The van der Waals surface area contributed by atoms with Crippen molar-refractivity contribution in [1.29, 1.82) is 0 Å². The number of thioether (sulfide) groups is 1. The second kappa shape index (κ2) is 10.7. The van der Waals surface area contributed by atoms with Crippen LogP contribution in [0.3, 0.4) is 0 Å². The number of nitrogens with two attached hydrogens (primary N) is 1. The van der Waals surface area contributed by atoms with E-state index in [1.165, 1.54) is 16.4 Å². The van der Waals surface area contributed by atoms with Crippen LogP contribution in [0, 0.1) is 0 Å². The molecule has 0 radical (unpaired) electrons. The topological polar surface area (TPSA) is 105 Å². The summed E-state index contributed by atoms with van der Waals surface area (Å²) >= 11 is 1.28. The van der Waals surface area contributed by atoms with Gasteiger partial charge in [-0.2, -0.15) is 0 Å². The molecule has 2 heterocycles. The number of methoxy groups -OCH3 is 2. The van der Waals surface area contributed by atoms with Crippen molar-refractivity contribution in [1.82, 2.24) is 19.8 Å². The van der Waals surface area contributed by atoms with Gasteiger partial charge in [0.15, 0.2) is 5.82 Å². The second-order valence-electron chi connectivity index (χ2n) is 7.78. The Kier molecular flexibility index (Phi) is 7.46. The van der Waals surface area contributed by atoms with Crippen molar-refractivity contribution in [3.63, 3.8) is 0 Å². The number of aromatic nitrogens is 3. The van der Waals surface area contributed by atoms with E-state index in [9.17, 15) is 4.79 Å². The minimum atomic E-state index is -0.0617. The maximum atomic E-state index is 13.2. The predicted octanol–water partition coefficient (Wildman–Crippen LogP) is 3.53. The van der Waals surface area contributed by atoms with E-state index < -0.39 is 0 Å². The summed E-state index contributed by atoms with van der Waals surface area (Å²) in [6, 6.07) is 13.1. The molecule has 1 unspecified atom stereocenters. The van der Waals surface area contributed by atoms with Gasteiger partial charge < -0.3 is 25.0 Å². The zero-order chi connectivity index (χ0) is 24.1. The van der Waals surface area contributed by atoms with Crippen molar-refractivity contribution in [2.24, 2.45) is 0 Å². The van der Waals surface area contributed by atoms with Gasteiger partial charge in [-0.25, -0.2) is 4.68 Å². The highest BCUT2D eigenvalue weighted by atomic mass is 32.2. The Hall–Kier alpha value is -3.40. The lowest BCUT2D eigenvalue weighted by Gasteiger charge is -2.26. The van der Waals surface area contributed by atoms with Crippen LogP contribution < -0.4 is 20.1 Å². The number of carbonyl (C=O) groups is 1. The van der Waals surface area contributed by atoms with E-state index in [2.05, 4.69) is 10.2 Å². The summed E-state index contributed by atoms with van der Waals surface area (Å²) in [5.41, 5.74) is 1.78. The van der Waals surface area contributed by atoms with Gasteiger partial charge in [0.1, 0.15) is 17.2 Å². The minimum Gasteiger partial charge on any atom is -0.497 e. The Bertz CT molecular complexity index is 1130. The predicted molar refractivity (Wildman–Crippen MR) is 131 cm³/mol. The minimum absolute atomic E-state index is 0.0167. The molecule has 1 saturated heterocycles. The monoisotopic (exact) mass is 483 g/mol. The second-order valence-corrected chi connectivity index (χ2v) is 8.72. The SMILES string of the molecule is CCOc1ccc(-c2nnc(SCC(=O)N3CCCC3c3cc(OC)ccc3OC)n2N)cc1. The zero-order valence-corrected chi connectivity index (χ0v) is 20.4.